The van der Waals surface area contributed by atoms with E-state index in [-0.39, 0.29) is 17.0 Å². The molecule has 1 aromatic rings. The predicted molar refractivity (Wildman–Crippen MR) is 84.5 cm³/mol. The minimum absolute atomic E-state index is 0.0763. The van der Waals surface area contributed by atoms with E-state index in [1.54, 1.807) is 5.41 Å². The van der Waals surface area contributed by atoms with Crippen LogP contribution in [0.2, 0.25) is 0 Å². The first-order valence-electron chi connectivity index (χ1n) is 7.77. The molecule has 6 nitrogen and oxygen atoms in total. The highest BCUT2D eigenvalue weighted by molar-refractivity contribution is 8.03. The summed E-state index contributed by atoms with van der Waals surface area (Å²) in [5, 5.41) is 15.1. The van der Waals surface area contributed by atoms with Crippen molar-refractivity contribution in [3.63, 3.8) is 0 Å². The third kappa shape index (κ3) is 1.58. The van der Waals surface area contributed by atoms with Crippen molar-refractivity contribution in [1.29, 1.82) is 0 Å². The van der Waals surface area contributed by atoms with Crippen LogP contribution in [-0.4, -0.2) is 37.0 Å². The first kappa shape index (κ1) is 13.4. The average molecular weight is 329 g/mol. The lowest BCUT2D eigenvalue weighted by Gasteiger charge is -2.37. The lowest BCUT2D eigenvalue weighted by Crippen LogP contribution is -2.51. The molecule has 1 aromatic heterocycles. The second-order valence-electron chi connectivity index (χ2n) is 6.59. The monoisotopic (exact) mass is 329 g/mol. The molecule has 2 bridgehead atoms. The van der Waals surface area contributed by atoms with Crippen LogP contribution >= 0.6 is 11.8 Å². The number of fused-ring (bicyclic) bond motifs is 6. The van der Waals surface area contributed by atoms with Crippen molar-refractivity contribution in [2.45, 2.75) is 36.5 Å². The zero-order valence-electron chi connectivity index (χ0n) is 12.5. The summed E-state index contributed by atoms with van der Waals surface area (Å²) in [6, 6.07) is 0. The molecule has 3 atom stereocenters. The molecule has 7 heteroatoms. The molecule has 1 saturated heterocycles. The van der Waals surface area contributed by atoms with Crippen molar-refractivity contribution in [3.8, 4) is 0 Å². The number of hydrogen-bond donors (Lipinski definition) is 1. The Kier molecular flexibility index (Phi) is 2.50. The first-order chi connectivity index (χ1) is 11.1. The SMILES string of the molecule is Cn1nc(C=C2C(=O)N3C(C(=O)O)=CS[C@H]23)c2c1C1CCC2C1. The zero-order chi connectivity index (χ0) is 15.9. The molecule has 0 aromatic carbocycles. The number of carboxylic acids is 1. The van der Waals surface area contributed by atoms with Gasteiger partial charge in [0.2, 0.25) is 0 Å². The van der Waals surface area contributed by atoms with E-state index in [0.29, 0.717) is 17.4 Å². The third-order valence-corrected chi connectivity index (χ3v) is 6.51. The second kappa shape index (κ2) is 4.29. The molecular formula is C16H15N3O3S. The number of aliphatic carboxylic acids is 1. The molecule has 2 aliphatic carbocycles. The van der Waals surface area contributed by atoms with Crippen molar-refractivity contribution >= 4 is 29.7 Å². The number of β-lactam (4-membered cyclic amide) rings is 1. The fourth-order valence-electron chi connectivity index (χ4n) is 4.49. The summed E-state index contributed by atoms with van der Waals surface area (Å²) in [5.74, 6) is -0.0696. The molecule has 1 N–H and O–H groups in total. The first-order valence-corrected chi connectivity index (χ1v) is 8.71. The van der Waals surface area contributed by atoms with Crippen LogP contribution in [0, 0.1) is 0 Å². The molecule has 2 unspecified atom stereocenters. The Bertz CT molecular complexity index is 838. The normalized spacial score (nSPS) is 32.1. The fourth-order valence-corrected chi connectivity index (χ4v) is 5.61. The third-order valence-electron chi connectivity index (χ3n) is 5.43. The summed E-state index contributed by atoms with van der Waals surface area (Å²) in [4.78, 5) is 24.8. The maximum atomic E-state index is 12.3. The van der Waals surface area contributed by atoms with E-state index in [4.69, 9.17) is 5.11 Å². The molecule has 0 radical (unpaired) electrons. The number of aryl methyl sites for hydroxylation is 1. The number of thioether (sulfide) groups is 1. The van der Waals surface area contributed by atoms with Crippen molar-refractivity contribution in [2.75, 3.05) is 0 Å². The summed E-state index contributed by atoms with van der Waals surface area (Å²) < 4.78 is 1.97. The summed E-state index contributed by atoms with van der Waals surface area (Å²) >= 11 is 1.37. The summed E-state index contributed by atoms with van der Waals surface area (Å²) in [7, 11) is 1.98. The Balaban J connectivity index is 1.52. The van der Waals surface area contributed by atoms with Crippen molar-refractivity contribution in [1.82, 2.24) is 14.7 Å². The number of aromatic nitrogens is 2. The van der Waals surface area contributed by atoms with Gasteiger partial charge in [0.1, 0.15) is 11.1 Å². The van der Waals surface area contributed by atoms with Gasteiger partial charge in [0, 0.05) is 29.6 Å². The molecule has 0 spiro atoms. The van der Waals surface area contributed by atoms with Crippen molar-refractivity contribution in [2.24, 2.45) is 7.05 Å². The fraction of sp³-hybridized carbons (Fsp3) is 0.438. The highest BCUT2D eigenvalue weighted by Crippen LogP contribution is 2.54. The molecule has 2 fully saturated rings. The number of nitrogens with zero attached hydrogens (tertiary/aromatic N) is 3. The van der Waals surface area contributed by atoms with Gasteiger partial charge in [-0.15, -0.1) is 11.8 Å². The van der Waals surface area contributed by atoms with Gasteiger partial charge in [-0.25, -0.2) is 4.79 Å². The Morgan fingerprint density at radius 2 is 2.22 bits per heavy atom. The highest BCUT2D eigenvalue weighted by atomic mass is 32.2. The Morgan fingerprint density at radius 1 is 1.43 bits per heavy atom. The smallest absolute Gasteiger partial charge is 0.353 e. The summed E-state index contributed by atoms with van der Waals surface area (Å²) in [5.41, 5.74) is 4.29. The molecule has 5 rings (SSSR count). The van der Waals surface area contributed by atoms with Gasteiger partial charge in [0.25, 0.3) is 5.91 Å². The number of hydrogen-bond acceptors (Lipinski definition) is 4. The number of carboxylic acid groups (broad SMARTS) is 1. The van der Waals surface area contributed by atoms with Gasteiger partial charge in [-0.05, 0) is 31.3 Å². The number of amides is 1. The van der Waals surface area contributed by atoms with Crippen molar-refractivity contribution < 1.29 is 14.7 Å². The van der Waals surface area contributed by atoms with Gasteiger partial charge >= 0.3 is 5.97 Å². The predicted octanol–water partition coefficient (Wildman–Crippen LogP) is 2.01. The average Bonchev–Trinajstić information content (AvgIpc) is 3.25. The highest BCUT2D eigenvalue weighted by Gasteiger charge is 2.50. The zero-order valence-corrected chi connectivity index (χ0v) is 13.3. The second-order valence-corrected chi connectivity index (χ2v) is 7.54. The lowest BCUT2D eigenvalue weighted by atomic mass is 9.93. The van der Waals surface area contributed by atoms with E-state index >= 15 is 0 Å². The van der Waals surface area contributed by atoms with E-state index < -0.39 is 5.97 Å². The quantitative estimate of drug-likeness (QED) is 0.663. The maximum Gasteiger partial charge on any atom is 0.353 e. The minimum atomic E-state index is -1.05. The van der Waals surface area contributed by atoms with Gasteiger partial charge < -0.3 is 5.11 Å². The van der Waals surface area contributed by atoms with Crippen LogP contribution in [-0.2, 0) is 16.6 Å². The standard InChI is InChI=1S/C16H15N3O3S/c1-18-13-8-3-2-7(4-8)12(13)10(17-18)5-9-14(20)19-11(16(21)22)6-23-15(9)19/h5-8,15H,2-4H2,1H3,(H,21,22)/t7?,8?,15-/m1/s1. The Labute approximate surface area is 136 Å². The van der Waals surface area contributed by atoms with Gasteiger partial charge in [-0.2, -0.15) is 5.10 Å². The molecule has 118 valence electrons. The Morgan fingerprint density at radius 3 is 3.00 bits per heavy atom. The summed E-state index contributed by atoms with van der Waals surface area (Å²) in [6.45, 7) is 0. The van der Waals surface area contributed by atoms with E-state index in [0.717, 1.165) is 5.69 Å². The van der Waals surface area contributed by atoms with Crippen LogP contribution < -0.4 is 0 Å². The van der Waals surface area contributed by atoms with Gasteiger partial charge in [0.15, 0.2) is 0 Å². The van der Waals surface area contributed by atoms with E-state index in [9.17, 15) is 9.59 Å². The molecule has 1 saturated carbocycles. The van der Waals surface area contributed by atoms with Crippen LogP contribution in [0.4, 0.5) is 0 Å². The largest absolute Gasteiger partial charge is 0.477 e. The Hall–Kier alpha value is -2.02. The lowest BCUT2D eigenvalue weighted by molar-refractivity contribution is -0.141. The van der Waals surface area contributed by atoms with Crippen LogP contribution in [0.3, 0.4) is 0 Å². The van der Waals surface area contributed by atoms with Crippen LogP contribution in [0.1, 0.15) is 48.0 Å². The van der Waals surface area contributed by atoms with Crippen LogP contribution in [0.25, 0.3) is 6.08 Å². The molecule has 1 amide bonds. The maximum absolute atomic E-state index is 12.3. The van der Waals surface area contributed by atoms with Gasteiger partial charge in [0.05, 0.1) is 11.3 Å². The van der Waals surface area contributed by atoms with Crippen LogP contribution in [0.5, 0.6) is 0 Å². The van der Waals surface area contributed by atoms with Gasteiger partial charge in [-0.1, -0.05) is 0 Å². The number of rotatable bonds is 2. The molecular weight excluding hydrogens is 314 g/mol. The molecule has 23 heavy (non-hydrogen) atoms. The van der Waals surface area contributed by atoms with E-state index in [1.165, 1.54) is 47.2 Å². The topological polar surface area (TPSA) is 75.4 Å². The van der Waals surface area contributed by atoms with Crippen LogP contribution in [0.15, 0.2) is 16.7 Å². The van der Waals surface area contributed by atoms with E-state index in [2.05, 4.69) is 5.10 Å². The van der Waals surface area contributed by atoms with Gasteiger partial charge in [-0.3, -0.25) is 14.4 Å². The molecule has 4 aliphatic rings. The van der Waals surface area contributed by atoms with E-state index in [1.807, 2.05) is 17.8 Å². The summed E-state index contributed by atoms with van der Waals surface area (Å²) in [6.07, 6.45) is 5.54. The molecule has 3 heterocycles. The minimum Gasteiger partial charge on any atom is -0.477 e. The number of carbonyl (C=O) groups excluding carboxylic acids is 1. The molecule has 2 aliphatic heterocycles. The number of carbonyl (C=O) groups is 2. The van der Waals surface area contributed by atoms with Crippen molar-refractivity contribution in [3.05, 3.63) is 33.6 Å².